The Morgan fingerprint density at radius 2 is 1.96 bits per heavy atom. The molecule has 0 saturated heterocycles. The predicted molar refractivity (Wildman–Crippen MR) is 117 cm³/mol. The molecule has 6 heteroatoms. The number of aliphatic imine (C=N–C) groups is 1. The number of aryl methyl sites for hydroxylation is 1. The molecule has 0 unspecified atom stereocenters. The Hall–Kier alpha value is -0.890. The van der Waals surface area contributed by atoms with E-state index in [0.717, 1.165) is 43.9 Å². The lowest BCUT2D eigenvalue weighted by molar-refractivity contribution is 0.131. The third-order valence-electron chi connectivity index (χ3n) is 5.19. The molecule has 0 aromatic heterocycles. The Labute approximate surface area is 174 Å². The van der Waals surface area contributed by atoms with Crippen molar-refractivity contribution in [2.45, 2.75) is 58.9 Å². The maximum absolute atomic E-state index is 13.7. The number of guanidine groups is 1. The molecular weight excluding hydrogens is 444 g/mol. The van der Waals surface area contributed by atoms with Gasteiger partial charge in [0.2, 0.25) is 0 Å². The quantitative estimate of drug-likeness (QED) is 0.315. The van der Waals surface area contributed by atoms with Gasteiger partial charge in [-0.2, -0.15) is 0 Å². The van der Waals surface area contributed by atoms with Crippen LogP contribution in [0.15, 0.2) is 23.2 Å². The summed E-state index contributed by atoms with van der Waals surface area (Å²) in [6.45, 7) is 6.08. The first-order chi connectivity index (χ1) is 12.1. The Bertz CT molecular complexity index is 569. The summed E-state index contributed by atoms with van der Waals surface area (Å²) in [4.78, 5) is 4.60. The minimum absolute atomic E-state index is 0. The number of aliphatic hydroxyl groups excluding tert-OH is 1. The highest BCUT2D eigenvalue weighted by molar-refractivity contribution is 14.0. The highest BCUT2D eigenvalue weighted by atomic mass is 127. The molecule has 0 bridgehead atoms. The normalized spacial score (nSPS) is 16.7. The molecule has 3 N–H and O–H groups in total. The van der Waals surface area contributed by atoms with Crippen molar-refractivity contribution in [1.82, 2.24) is 10.6 Å². The molecule has 1 aliphatic carbocycles. The van der Waals surface area contributed by atoms with E-state index < -0.39 is 0 Å². The summed E-state index contributed by atoms with van der Waals surface area (Å²) < 4.78 is 13.7. The Kier molecular flexibility index (Phi) is 10.5. The molecule has 0 spiro atoms. The summed E-state index contributed by atoms with van der Waals surface area (Å²) in [5, 5.41) is 16.2. The Balaban J connectivity index is 0.00000338. The van der Waals surface area contributed by atoms with Crippen LogP contribution in [0, 0.1) is 18.2 Å². The highest BCUT2D eigenvalue weighted by Crippen LogP contribution is 2.38. The first kappa shape index (κ1) is 23.1. The van der Waals surface area contributed by atoms with Gasteiger partial charge in [-0.1, -0.05) is 31.4 Å². The molecule has 1 fully saturated rings. The first-order valence-electron chi connectivity index (χ1n) is 9.47. The third kappa shape index (κ3) is 7.02. The molecule has 0 amide bonds. The average Bonchev–Trinajstić information content (AvgIpc) is 2.61. The van der Waals surface area contributed by atoms with Crippen molar-refractivity contribution >= 4 is 29.9 Å². The fourth-order valence-corrected chi connectivity index (χ4v) is 3.57. The Morgan fingerprint density at radius 1 is 1.23 bits per heavy atom. The minimum Gasteiger partial charge on any atom is -0.396 e. The minimum atomic E-state index is -0.185. The van der Waals surface area contributed by atoms with E-state index in [-0.39, 0.29) is 41.8 Å². The van der Waals surface area contributed by atoms with Gasteiger partial charge in [0, 0.05) is 19.7 Å². The van der Waals surface area contributed by atoms with Gasteiger partial charge in [-0.15, -0.1) is 24.0 Å². The lowest BCUT2D eigenvalue weighted by Gasteiger charge is -2.37. The summed E-state index contributed by atoms with van der Waals surface area (Å²) >= 11 is 0. The van der Waals surface area contributed by atoms with Crippen LogP contribution >= 0.6 is 24.0 Å². The SMILES string of the molecule is CCNC(=NCc1ccc(C)c(F)c1)NCC1(CCO)CCCCC1.I. The number of nitrogens with one attached hydrogen (secondary N) is 2. The summed E-state index contributed by atoms with van der Waals surface area (Å²) in [5.41, 5.74) is 1.68. The topological polar surface area (TPSA) is 56.7 Å². The van der Waals surface area contributed by atoms with Gasteiger partial charge in [0.25, 0.3) is 0 Å². The molecule has 1 saturated carbocycles. The van der Waals surface area contributed by atoms with Crippen molar-refractivity contribution in [2.24, 2.45) is 10.4 Å². The van der Waals surface area contributed by atoms with E-state index in [2.05, 4.69) is 15.6 Å². The number of rotatable bonds is 7. The molecule has 1 aromatic carbocycles. The van der Waals surface area contributed by atoms with Crippen molar-refractivity contribution in [1.29, 1.82) is 0 Å². The first-order valence-corrected chi connectivity index (χ1v) is 9.47. The van der Waals surface area contributed by atoms with E-state index in [4.69, 9.17) is 0 Å². The molecule has 0 heterocycles. The molecule has 26 heavy (non-hydrogen) atoms. The molecular formula is C20H33FIN3O. The smallest absolute Gasteiger partial charge is 0.191 e. The molecule has 1 aliphatic rings. The monoisotopic (exact) mass is 477 g/mol. The largest absolute Gasteiger partial charge is 0.396 e. The van der Waals surface area contributed by atoms with Crippen LogP contribution in [0.25, 0.3) is 0 Å². The second kappa shape index (κ2) is 11.7. The standard InChI is InChI=1S/C20H32FN3O.HI/c1-3-22-19(23-14-17-8-7-16(2)18(21)13-17)24-15-20(11-12-25)9-5-4-6-10-20;/h7-8,13,25H,3-6,9-12,14-15H2,1-2H3,(H2,22,23,24);1H. The van der Waals surface area contributed by atoms with E-state index in [1.807, 2.05) is 13.0 Å². The molecule has 0 radical (unpaired) electrons. The van der Waals surface area contributed by atoms with Crippen molar-refractivity contribution in [3.8, 4) is 0 Å². The zero-order chi connectivity index (χ0) is 18.1. The van der Waals surface area contributed by atoms with Gasteiger partial charge in [-0.3, -0.25) is 0 Å². The fraction of sp³-hybridized carbons (Fsp3) is 0.650. The van der Waals surface area contributed by atoms with Crippen molar-refractivity contribution < 1.29 is 9.50 Å². The van der Waals surface area contributed by atoms with Gasteiger partial charge in [-0.25, -0.2) is 9.38 Å². The fourth-order valence-electron chi connectivity index (χ4n) is 3.57. The predicted octanol–water partition coefficient (Wildman–Crippen LogP) is 4.14. The maximum Gasteiger partial charge on any atom is 0.191 e. The van der Waals surface area contributed by atoms with Crippen LogP contribution in [-0.4, -0.2) is 30.8 Å². The summed E-state index contributed by atoms with van der Waals surface area (Å²) in [5.74, 6) is 0.570. The van der Waals surface area contributed by atoms with Crippen molar-refractivity contribution in [3.63, 3.8) is 0 Å². The van der Waals surface area contributed by atoms with Gasteiger partial charge >= 0.3 is 0 Å². The van der Waals surface area contributed by atoms with Gasteiger partial charge in [0.05, 0.1) is 6.54 Å². The van der Waals surface area contributed by atoms with Gasteiger partial charge < -0.3 is 15.7 Å². The highest BCUT2D eigenvalue weighted by Gasteiger charge is 2.31. The molecule has 4 nitrogen and oxygen atoms in total. The second-order valence-electron chi connectivity index (χ2n) is 7.17. The molecule has 1 aromatic rings. The third-order valence-corrected chi connectivity index (χ3v) is 5.19. The van der Waals surface area contributed by atoms with Crippen LogP contribution in [0.1, 0.15) is 56.6 Å². The van der Waals surface area contributed by atoms with Crippen LogP contribution < -0.4 is 10.6 Å². The van der Waals surface area contributed by atoms with E-state index in [1.165, 1.54) is 19.3 Å². The van der Waals surface area contributed by atoms with Crippen LogP contribution in [0.2, 0.25) is 0 Å². The zero-order valence-corrected chi connectivity index (χ0v) is 18.3. The lowest BCUT2D eigenvalue weighted by atomic mass is 9.72. The van der Waals surface area contributed by atoms with Gasteiger partial charge in [0.1, 0.15) is 5.82 Å². The molecule has 0 aliphatic heterocycles. The average molecular weight is 477 g/mol. The van der Waals surface area contributed by atoms with Crippen molar-refractivity contribution in [3.05, 3.63) is 35.1 Å². The summed E-state index contributed by atoms with van der Waals surface area (Å²) in [6.07, 6.45) is 6.91. The molecule has 148 valence electrons. The van der Waals surface area contributed by atoms with Crippen LogP contribution in [0.4, 0.5) is 4.39 Å². The molecule has 2 rings (SSSR count). The summed E-state index contributed by atoms with van der Waals surface area (Å²) in [6, 6.07) is 5.26. The number of aliphatic hydroxyl groups is 1. The second-order valence-corrected chi connectivity index (χ2v) is 7.17. The van der Waals surface area contributed by atoms with E-state index in [1.54, 1.807) is 19.1 Å². The number of benzene rings is 1. The van der Waals surface area contributed by atoms with Crippen LogP contribution in [-0.2, 0) is 6.54 Å². The van der Waals surface area contributed by atoms with Gasteiger partial charge in [-0.05, 0) is 55.7 Å². The molecule has 0 atom stereocenters. The summed E-state index contributed by atoms with van der Waals surface area (Å²) in [7, 11) is 0. The Morgan fingerprint density at radius 3 is 2.58 bits per heavy atom. The number of hydrogen-bond donors (Lipinski definition) is 3. The maximum atomic E-state index is 13.7. The van der Waals surface area contributed by atoms with Crippen molar-refractivity contribution in [2.75, 3.05) is 19.7 Å². The van der Waals surface area contributed by atoms with E-state index in [9.17, 15) is 9.50 Å². The van der Waals surface area contributed by atoms with Crippen LogP contribution in [0.3, 0.4) is 0 Å². The van der Waals surface area contributed by atoms with E-state index >= 15 is 0 Å². The van der Waals surface area contributed by atoms with Gasteiger partial charge in [0.15, 0.2) is 5.96 Å². The number of nitrogens with zero attached hydrogens (tertiary/aromatic N) is 1. The van der Waals surface area contributed by atoms with Crippen LogP contribution in [0.5, 0.6) is 0 Å². The zero-order valence-electron chi connectivity index (χ0n) is 16.0. The number of hydrogen-bond acceptors (Lipinski definition) is 2. The van der Waals surface area contributed by atoms with E-state index in [0.29, 0.717) is 12.1 Å². The number of halogens is 2. The lowest BCUT2D eigenvalue weighted by Crippen LogP contribution is -2.44.